The molecule has 0 saturated carbocycles. The number of rotatable bonds is 1. The number of nitrogens with zero attached hydrogens (tertiary/aromatic N) is 1. The Balaban J connectivity index is 2.88. The molecule has 0 bridgehead atoms. The monoisotopic (exact) mass is 247 g/mol. The number of aromatic nitrogens is 1. The van der Waals surface area contributed by atoms with Crippen molar-refractivity contribution in [1.82, 2.24) is 4.98 Å². The Kier molecular flexibility index (Phi) is 2.38. The van der Waals surface area contributed by atoms with Crippen LogP contribution in [0.5, 0.6) is 0 Å². The van der Waals surface area contributed by atoms with Crippen LogP contribution in [0.3, 0.4) is 0 Å². The minimum atomic E-state index is 0.976. The van der Waals surface area contributed by atoms with Gasteiger partial charge in [-0.3, -0.25) is 4.98 Å². The lowest BCUT2D eigenvalue weighted by Crippen LogP contribution is -1.88. The van der Waals surface area contributed by atoms with Gasteiger partial charge in [-0.15, -0.1) is 0 Å². The van der Waals surface area contributed by atoms with Crippen molar-refractivity contribution in [1.29, 1.82) is 0 Å². The smallest absolute Gasteiger partial charge is 0.0732 e. The standard InChI is InChI=1S/C12H10BrN/c1-8(2)12-10-6-4-3-5-9(10)11(13)7-14-12/h3-7H,1H2,2H3. The molecule has 14 heavy (non-hydrogen) atoms. The molecular weight excluding hydrogens is 238 g/mol. The van der Waals surface area contributed by atoms with E-state index in [2.05, 4.69) is 39.6 Å². The zero-order valence-electron chi connectivity index (χ0n) is 7.92. The number of allylic oxidation sites excluding steroid dienone is 1. The average molecular weight is 248 g/mol. The molecule has 0 atom stereocenters. The Hall–Kier alpha value is -1.15. The average Bonchev–Trinajstić information content (AvgIpc) is 2.18. The molecular formula is C12H10BrN. The van der Waals surface area contributed by atoms with Crippen molar-refractivity contribution in [3.63, 3.8) is 0 Å². The number of hydrogen-bond donors (Lipinski definition) is 0. The Bertz CT molecular complexity index is 503. The summed E-state index contributed by atoms with van der Waals surface area (Å²) in [4.78, 5) is 4.36. The van der Waals surface area contributed by atoms with Crippen molar-refractivity contribution in [3.05, 3.63) is 47.2 Å². The minimum Gasteiger partial charge on any atom is -0.255 e. The molecule has 2 aromatic rings. The highest BCUT2D eigenvalue weighted by molar-refractivity contribution is 9.10. The zero-order valence-corrected chi connectivity index (χ0v) is 9.51. The van der Waals surface area contributed by atoms with Crippen LogP contribution in [-0.4, -0.2) is 4.98 Å². The lowest BCUT2D eigenvalue weighted by molar-refractivity contribution is 1.29. The third kappa shape index (κ3) is 1.46. The molecule has 1 heterocycles. The van der Waals surface area contributed by atoms with E-state index in [0.717, 1.165) is 21.1 Å². The molecule has 0 N–H and O–H groups in total. The molecule has 2 rings (SSSR count). The summed E-state index contributed by atoms with van der Waals surface area (Å²) >= 11 is 3.49. The van der Waals surface area contributed by atoms with Gasteiger partial charge < -0.3 is 0 Å². The molecule has 0 aliphatic heterocycles. The number of hydrogen-bond acceptors (Lipinski definition) is 1. The molecule has 1 aromatic heterocycles. The third-order valence-corrected chi connectivity index (χ3v) is 2.78. The van der Waals surface area contributed by atoms with Crippen LogP contribution in [0.2, 0.25) is 0 Å². The SMILES string of the molecule is C=C(C)c1ncc(Br)c2ccccc12. The Morgan fingerprint density at radius 1 is 1.29 bits per heavy atom. The summed E-state index contributed by atoms with van der Waals surface area (Å²) in [5.41, 5.74) is 1.97. The molecule has 2 heteroatoms. The summed E-state index contributed by atoms with van der Waals surface area (Å²) in [6.07, 6.45) is 1.83. The summed E-state index contributed by atoms with van der Waals surface area (Å²) < 4.78 is 1.03. The van der Waals surface area contributed by atoms with Crippen LogP contribution >= 0.6 is 15.9 Å². The van der Waals surface area contributed by atoms with Gasteiger partial charge in [0.15, 0.2) is 0 Å². The number of benzene rings is 1. The second-order valence-corrected chi connectivity index (χ2v) is 4.13. The van der Waals surface area contributed by atoms with Crippen molar-refractivity contribution in [2.24, 2.45) is 0 Å². The second kappa shape index (κ2) is 3.54. The van der Waals surface area contributed by atoms with E-state index < -0.39 is 0 Å². The Morgan fingerprint density at radius 3 is 2.57 bits per heavy atom. The van der Waals surface area contributed by atoms with Crippen LogP contribution in [0.4, 0.5) is 0 Å². The maximum absolute atomic E-state index is 4.36. The first kappa shape index (κ1) is 9.41. The van der Waals surface area contributed by atoms with E-state index in [1.807, 2.05) is 25.3 Å². The molecule has 0 aliphatic rings. The number of fused-ring (bicyclic) bond motifs is 1. The minimum absolute atomic E-state index is 0.976. The summed E-state index contributed by atoms with van der Waals surface area (Å²) in [6, 6.07) is 8.18. The zero-order chi connectivity index (χ0) is 10.1. The fourth-order valence-electron chi connectivity index (χ4n) is 1.50. The highest BCUT2D eigenvalue weighted by Gasteiger charge is 2.04. The predicted molar refractivity (Wildman–Crippen MR) is 64.2 cm³/mol. The lowest BCUT2D eigenvalue weighted by Gasteiger charge is -2.05. The predicted octanol–water partition coefficient (Wildman–Crippen LogP) is 4.03. The van der Waals surface area contributed by atoms with E-state index in [4.69, 9.17) is 0 Å². The van der Waals surface area contributed by atoms with Gasteiger partial charge in [0.25, 0.3) is 0 Å². The highest BCUT2D eigenvalue weighted by atomic mass is 79.9. The van der Waals surface area contributed by atoms with Crippen LogP contribution in [0, 0.1) is 0 Å². The quantitative estimate of drug-likeness (QED) is 0.742. The molecule has 0 fully saturated rings. The Morgan fingerprint density at radius 2 is 1.93 bits per heavy atom. The molecule has 0 amide bonds. The molecule has 0 radical (unpaired) electrons. The molecule has 0 aliphatic carbocycles. The van der Waals surface area contributed by atoms with Crippen LogP contribution in [0.25, 0.3) is 16.3 Å². The molecule has 0 unspecified atom stereocenters. The van der Waals surface area contributed by atoms with Gasteiger partial charge in [-0.25, -0.2) is 0 Å². The fraction of sp³-hybridized carbons (Fsp3) is 0.0833. The molecule has 1 aromatic carbocycles. The third-order valence-electron chi connectivity index (χ3n) is 2.15. The van der Waals surface area contributed by atoms with E-state index >= 15 is 0 Å². The van der Waals surface area contributed by atoms with Gasteiger partial charge in [-0.05, 0) is 33.8 Å². The fourth-order valence-corrected chi connectivity index (χ4v) is 1.95. The van der Waals surface area contributed by atoms with Crippen molar-refractivity contribution in [2.75, 3.05) is 0 Å². The van der Waals surface area contributed by atoms with Crippen molar-refractivity contribution in [3.8, 4) is 0 Å². The summed E-state index contributed by atoms with van der Waals surface area (Å²) in [5.74, 6) is 0. The van der Waals surface area contributed by atoms with Crippen LogP contribution in [0.15, 0.2) is 41.5 Å². The van der Waals surface area contributed by atoms with Crippen molar-refractivity contribution in [2.45, 2.75) is 6.92 Å². The molecule has 0 saturated heterocycles. The first-order chi connectivity index (χ1) is 6.70. The maximum atomic E-state index is 4.36. The summed E-state index contributed by atoms with van der Waals surface area (Å²) in [7, 11) is 0. The van der Waals surface area contributed by atoms with Gasteiger partial charge >= 0.3 is 0 Å². The lowest BCUT2D eigenvalue weighted by atomic mass is 10.1. The molecule has 1 nitrogen and oxygen atoms in total. The van der Waals surface area contributed by atoms with Crippen LogP contribution in [-0.2, 0) is 0 Å². The van der Waals surface area contributed by atoms with Gasteiger partial charge in [-0.2, -0.15) is 0 Å². The first-order valence-electron chi connectivity index (χ1n) is 4.39. The highest BCUT2D eigenvalue weighted by Crippen LogP contribution is 2.27. The Labute approximate surface area is 91.6 Å². The van der Waals surface area contributed by atoms with E-state index in [1.54, 1.807) is 0 Å². The van der Waals surface area contributed by atoms with E-state index in [9.17, 15) is 0 Å². The van der Waals surface area contributed by atoms with Crippen LogP contribution in [0.1, 0.15) is 12.6 Å². The van der Waals surface area contributed by atoms with Gasteiger partial charge in [0.1, 0.15) is 0 Å². The van der Waals surface area contributed by atoms with Crippen molar-refractivity contribution < 1.29 is 0 Å². The van der Waals surface area contributed by atoms with Gasteiger partial charge in [0.05, 0.1) is 5.69 Å². The van der Waals surface area contributed by atoms with E-state index in [0.29, 0.717) is 0 Å². The number of halogens is 1. The largest absolute Gasteiger partial charge is 0.255 e. The van der Waals surface area contributed by atoms with Crippen LogP contribution < -0.4 is 0 Å². The van der Waals surface area contributed by atoms with Gasteiger partial charge in [-0.1, -0.05) is 30.8 Å². The topological polar surface area (TPSA) is 12.9 Å². The molecule has 70 valence electrons. The van der Waals surface area contributed by atoms with E-state index in [-0.39, 0.29) is 0 Å². The summed E-state index contributed by atoms with van der Waals surface area (Å²) in [6.45, 7) is 5.90. The molecule has 0 spiro atoms. The number of pyridine rings is 1. The van der Waals surface area contributed by atoms with Crippen molar-refractivity contribution >= 4 is 32.3 Å². The normalized spacial score (nSPS) is 10.4. The summed E-state index contributed by atoms with van der Waals surface area (Å²) in [5, 5.41) is 2.33. The maximum Gasteiger partial charge on any atom is 0.0732 e. The van der Waals surface area contributed by atoms with E-state index in [1.165, 1.54) is 5.39 Å². The van der Waals surface area contributed by atoms with Gasteiger partial charge in [0, 0.05) is 16.1 Å². The first-order valence-corrected chi connectivity index (χ1v) is 5.18. The van der Waals surface area contributed by atoms with Gasteiger partial charge in [0.2, 0.25) is 0 Å². The second-order valence-electron chi connectivity index (χ2n) is 3.28.